The third-order valence-corrected chi connectivity index (χ3v) is 3.60. The standard InChI is InChI=1S/C15H27N7O7/c16-7(3-4-11(24)25)12(26)21-8(2-1-5-20-15(18)19)13(27)22-9(14(28)29)6-10(17)23/h7-9H,1-6,16H2,(H2,17,23)(H,21,26)(H,22,27)(H,24,25)(H,28,29)(H4,18,19,20)/t7-,8-,9-/m0/s1. The van der Waals surface area contributed by atoms with E-state index in [1.807, 2.05) is 0 Å². The van der Waals surface area contributed by atoms with Gasteiger partial charge in [-0.25, -0.2) is 4.79 Å². The Morgan fingerprint density at radius 1 is 0.897 bits per heavy atom. The summed E-state index contributed by atoms with van der Waals surface area (Å²) in [5, 5.41) is 22.2. The first-order valence-corrected chi connectivity index (χ1v) is 8.58. The molecule has 0 heterocycles. The first kappa shape index (κ1) is 25.6. The Labute approximate surface area is 166 Å². The normalized spacial score (nSPS) is 13.4. The van der Waals surface area contributed by atoms with Gasteiger partial charge in [-0.3, -0.25) is 24.2 Å². The Kier molecular flexibility index (Phi) is 11.4. The molecule has 14 heteroatoms. The smallest absolute Gasteiger partial charge is 0.326 e. The number of carbonyl (C=O) groups excluding carboxylic acids is 3. The summed E-state index contributed by atoms with van der Waals surface area (Å²) in [4.78, 5) is 61.0. The zero-order chi connectivity index (χ0) is 22.6. The highest BCUT2D eigenvalue weighted by molar-refractivity contribution is 5.93. The fourth-order valence-corrected chi connectivity index (χ4v) is 2.13. The average molecular weight is 417 g/mol. The van der Waals surface area contributed by atoms with Crippen molar-refractivity contribution in [2.45, 2.75) is 50.2 Å². The van der Waals surface area contributed by atoms with Crippen molar-refractivity contribution in [1.29, 1.82) is 0 Å². The van der Waals surface area contributed by atoms with Gasteiger partial charge in [-0.15, -0.1) is 0 Å². The molecule has 0 aromatic carbocycles. The number of carboxylic acids is 2. The van der Waals surface area contributed by atoms with Crippen molar-refractivity contribution in [3.8, 4) is 0 Å². The lowest BCUT2D eigenvalue weighted by Gasteiger charge is -2.22. The molecule has 29 heavy (non-hydrogen) atoms. The van der Waals surface area contributed by atoms with E-state index in [1.54, 1.807) is 0 Å². The minimum atomic E-state index is -1.59. The van der Waals surface area contributed by atoms with Gasteiger partial charge in [-0.2, -0.15) is 0 Å². The van der Waals surface area contributed by atoms with Crippen molar-refractivity contribution in [2.24, 2.45) is 27.9 Å². The van der Waals surface area contributed by atoms with Crippen molar-refractivity contribution in [3.05, 3.63) is 0 Å². The Bertz CT molecular complexity index is 649. The number of guanidine groups is 1. The van der Waals surface area contributed by atoms with Crippen LogP contribution in [0.25, 0.3) is 0 Å². The number of amides is 3. The molecule has 164 valence electrons. The van der Waals surface area contributed by atoms with Gasteiger partial charge in [-0.1, -0.05) is 0 Å². The predicted molar refractivity (Wildman–Crippen MR) is 100 cm³/mol. The number of nitrogens with one attached hydrogen (secondary N) is 2. The van der Waals surface area contributed by atoms with Crippen LogP contribution in [0.5, 0.6) is 0 Å². The monoisotopic (exact) mass is 417 g/mol. The maximum atomic E-state index is 12.4. The molecule has 0 aromatic rings. The van der Waals surface area contributed by atoms with E-state index in [9.17, 15) is 24.0 Å². The molecule has 3 amide bonds. The molecule has 0 radical (unpaired) electrons. The number of primary amides is 1. The van der Waals surface area contributed by atoms with Crippen molar-refractivity contribution >= 4 is 35.6 Å². The van der Waals surface area contributed by atoms with Gasteiger partial charge in [0.25, 0.3) is 0 Å². The zero-order valence-electron chi connectivity index (χ0n) is 15.7. The van der Waals surface area contributed by atoms with Crippen LogP contribution in [0.2, 0.25) is 0 Å². The molecule has 0 fully saturated rings. The van der Waals surface area contributed by atoms with Crippen LogP contribution in [-0.4, -0.2) is 70.5 Å². The molecular formula is C15H27N7O7. The second-order valence-corrected chi connectivity index (χ2v) is 6.12. The molecule has 0 saturated carbocycles. The topological polar surface area (TPSA) is 266 Å². The number of nitrogens with two attached hydrogens (primary N) is 4. The molecule has 0 rings (SSSR count). The highest BCUT2D eigenvalue weighted by atomic mass is 16.4. The molecule has 0 bridgehead atoms. The number of carboxylic acid groups (broad SMARTS) is 2. The summed E-state index contributed by atoms with van der Waals surface area (Å²) in [5.74, 6) is -5.42. The van der Waals surface area contributed by atoms with Crippen LogP contribution in [0.3, 0.4) is 0 Å². The molecule has 0 spiro atoms. The second-order valence-electron chi connectivity index (χ2n) is 6.12. The van der Waals surface area contributed by atoms with Gasteiger partial charge in [0.1, 0.15) is 12.1 Å². The average Bonchev–Trinajstić information content (AvgIpc) is 2.60. The Morgan fingerprint density at radius 2 is 1.48 bits per heavy atom. The van der Waals surface area contributed by atoms with Crippen molar-refractivity contribution in [3.63, 3.8) is 0 Å². The van der Waals surface area contributed by atoms with Gasteiger partial charge in [0.2, 0.25) is 17.7 Å². The number of carbonyl (C=O) groups is 5. The van der Waals surface area contributed by atoms with E-state index in [0.29, 0.717) is 0 Å². The quantitative estimate of drug-likeness (QED) is 0.0774. The van der Waals surface area contributed by atoms with Crippen LogP contribution in [0, 0.1) is 0 Å². The summed E-state index contributed by atoms with van der Waals surface area (Å²) in [6.07, 6.45) is -0.899. The van der Waals surface area contributed by atoms with E-state index in [1.165, 1.54) is 0 Å². The number of aliphatic carboxylic acids is 2. The van der Waals surface area contributed by atoms with Gasteiger partial charge < -0.3 is 43.8 Å². The van der Waals surface area contributed by atoms with Gasteiger partial charge in [0.15, 0.2) is 5.96 Å². The highest BCUT2D eigenvalue weighted by Crippen LogP contribution is 2.03. The lowest BCUT2D eigenvalue weighted by atomic mass is 10.1. The Morgan fingerprint density at radius 3 is 1.97 bits per heavy atom. The van der Waals surface area contributed by atoms with Crippen LogP contribution in [0.1, 0.15) is 32.1 Å². The van der Waals surface area contributed by atoms with Crippen LogP contribution in [-0.2, 0) is 24.0 Å². The van der Waals surface area contributed by atoms with Crippen molar-refractivity contribution in [2.75, 3.05) is 6.54 Å². The van der Waals surface area contributed by atoms with E-state index in [0.717, 1.165) is 0 Å². The summed E-state index contributed by atoms with van der Waals surface area (Å²) < 4.78 is 0. The first-order valence-electron chi connectivity index (χ1n) is 8.58. The summed E-state index contributed by atoms with van der Waals surface area (Å²) in [7, 11) is 0. The SMILES string of the molecule is NC(=O)C[C@H](NC(=O)[C@H](CCCN=C(N)N)NC(=O)[C@@H](N)CCC(=O)O)C(=O)O. The molecule has 0 saturated heterocycles. The largest absolute Gasteiger partial charge is 0.481 e. The van der Waals surface area contributed by atoms with E-state index >= 15 is 0 Å². The third-order valence-electron chi connectivity index (χ3n) is 3.60. The molecule has 0 unspecified atom stereocenters. The third kappa shape index (κ3) is 11.8. The molecule has 14 nitrogen and oxygen atoms in total. The van der Waals surface area contributed by atoms with Crippen LogP contribution < -0.4 is 33.6 Å². The van der Waals surface area contributed by atoms with Crippen LogP contribution >= 0.6 is 0 Å². The number of aliphatic imine (C=N–C) groups is 1. The minimum absolute atomic E-state index is 0.0168. The fraction of sp³-hybridized carbons (Fsp3) is 0.600. The maximum Gasteiger partial charge on any atom is 0.326 e. The number of nitrogens with zero attached hydrogens (tertiary/aromatic N) is 1. The molecule has 0 aliphatic heterocycles. The summed E-state index contributed by atoms with van der Waals surface area (Å²) in [6, 6.07) is -4.00. The Hall–Kier alpha value is -3.42. The van der Waals surface area contributed by atoms with Crippen molar-refractivity contribution in [1.82, 2.24) is 10.6 Å². The van der Waals surface area contributed by atoms with E-state index in [4.69, 9.17) is 33.1 Å². The van der Waals surface area contributed by atoms with E-state index in [2.05, 4.69) is 15.6 Å². The molecule has 0 aromatic heterocycles. The predicted octanol–water partition coefficient (Wildman–Crippen LogP) is -3.84. The number of rotatable bonds is 14. The van der Waals surface area contributed by atoms with Gasteiger partial charge in [0, 0.05) is 13.0 Å². The van der Waals surface area contributed by atoms with E-state index < -0.39 is 54.2 Å². The Balaban J connectivity index is 5.14. The minimum Gasteiger partial charge on any atom is -0.481 e. The van der Waals surface area contributed by atoms with Crippen molar-refractivity contribution < 1.29 is 34.2 Å². The number of hydrogen-bond donors (Lipinski definition) is 8. The molecule has 12 N–H and O–H groups in total. The molecular weight excluding hydrogens is 390 g/mol. The lowest BCUT2D eigenvalue weighted by Crippen LogP contribution is -2.55. The molecule has 0 aliphatic rings. The zero-order valence-corrected chi connectivity index (χ0v) is 15.7. The van der Waals surface area contributed by atoms with Crippen LogP contribution in [0.15, 0.2) is 4.99 Å². The van der Waals surface area contributed by atoms with Gasteiger partial charge in [-0.05, 0) is 19.3 Å². The lowest BCUT2D eigenvalue weighted by molar-refractivity contribution is -0.143. The molecule has 0 aliphatic carbocycles. The van der Waals surface area contributed by atoms with Gasteiger partial charge >= 0.3 is 11.9 Å². The summed E-state index contributed by atoms with van der Waals surface area (Å²) in [6.45, 7) is 0.136. The first-order chi connectivity index (χ1) is 13.4. The van der Waals surface area contributed by atoms with E-state index in [-0.39, 0.29) is 38.2 Å². The fourth-order valence-electron chi connectivity index (χ4n) is 2.13. The summed E-state index contributed by atoms with van der Waals surface area (Å²) >= 11 is 0. The number of hydrogen-bond acceptors (Lipinski definition) is 7. The summed E-state index contributed by atoms with van der Waals surface area (Å²) in [5.41, 5.74) is 21.0. The van der Waals surface area contributed by atoms with Gasteiger partial charge in [0.05, 0.1) is 12.5 Å². The maximum absolute atomic E-state index is 12.4. The second kappa shape index (κ2) is 12.9. The highest BCUT2D eigenvalue weighted by Gasteiger charge is 2.28. The molecule has 3 atom stereocenters. The van der Waals surface area contributed by atoms with Crippen LogP contribution in [0.4, 0.5) is 0 Å².